The van der Waals surface area contributed by atoms with Crippen molar-refractivity contribution in [1.29, 1.82) is 0 Å². The van der Waals surface area contributed by atoms with Gasteiger partial charge in [0.15, 0.2) is 0 Å². The van der Waals surface area contributed by atoms with Crippen molar-refractivity contribution in [2.75, 3.05) is 0 Å². The lowest BCUT2D eigenvalue weighted by Gasteiger charge is -2.00. The molecule has 2 aromatic rings. The van der Waals surface area contributed by atoms with Crippen molar-refractivity contribution in [2.45, 2.75) is 51.9 Å². The quantitative estimate of drug-likeness (QED) is 0.637. The number of fused-ring (bicyclic) bond motifs is 2. The standard InChI is InChI=1S/C14H21N/c1-2-3-4-5-6-7-8-12-11-13-9-10-14(12)15-13/h9-11,15H,2-8H2,1H3. The number of aryl methyl sites for hydroxylation is 1. The van der Waals surface area contributed by atoms with E-state index in [1.54, 1.807) is 0 Å². The third-order valence-corrected chi connectivity index (χ3v) is 3.18. The predicted octanol–water partition coefficient (Wildman–Crippen LogP) is 4.51. The predicted molar refractivity (Wildman–Crippen MR) is 66.6 cm³/mol. The summed E-state index contributed by atoms with van der Waals surface area (Å²) in [5.41, 5.74) is 4.15. The molecule has 15 heavy (non-hydrogen) atoms. The molecule has 0 aliphatic carbocycles. The second-order valence-corrected chi connectivity index (χ2v) is 4.51. The molecule has 0 fully saturated rings. The van der Waals surface area contributed by atoms with Gasteiger partial charge in [-0.05, 0) is 36.6 Å². The minimum atomic E-state index is 1.25. The molecule has 0 atom stereocenters. The summed E-state index contributed by atoms with van der Waals surface area (Å²) in [7, 11) is 0. The van der Waals surface area contributed by atoms with E-state index in [9.17, 15) is 0 Å². The number of unbranched alkanes of at least 4 members (excludes halogenated alkanes) is 5. The van der Waals surface area contributed by atoms with E-state index in [1.165, 1.54) is 61.5 Å². The Balaban J connectivity index is 1.64. The zero-order valence-electron chi connectivity index (χ0n) is 9.68. The van der Waals surface area contributed by atoms with Crippen molar-refractivity contribution in [1.82, 2.24) is 4.98 Å². The van der Waals surface area contributed by atoms with Crippen LogP contribution < -0.4 is 0 Å². The Hall–Kier alpha value is -0.980. The summed E-state index contributed by atoms with van der Waals surface area (Å²) in [6.07, 6.45) is 9.57. The maximum atomic E-state index is 3.37. The Morgan fingerprint density at radius 3 is 2.47 bits per heavy atom. The largest absolute Gasteiger partial charge is 0.355 e. The van der Waals surface area contributed by atoms with Crippen molar-refractivity contribution in [2.24, 2.45) is 0 Å². The van der Waals surface area contributed by atoms with Crippen LogP contribution in [-0.4, -0.2) is 4.98 Å². The first-order valence-electron chi connectivity index (χ1n) is 6.30. The van der Waals surface area contributed by atoms with Gasteiger partial charge in [0.25, 0.3) is 0 Å². The van der Waals surface area contributed by atoms with Crippen LogP contribution in [0.2, 0.25) is 0 Å². The molecule has 0 saturated heterocycles. The Kier molecular flexibility index (Phi) is 3.65. The van der Waals surface area contributed by atoms with Crippen molar-refractivity contribution < 1.29 is 0 Å². The van der Waals surface area contributed by atoms with Gasteiger partial charge in [-0.15, -0.1) is 0 Å². The van der Waals surface area contributed by atoms with Crippen LogP contribution in [0.15, 0.2) is 18.2 Å². The first-order chi connectivity index (χ1) is 7.40. The zero-order valence-corrected chi connectivity index (χ0v) is 9.68. The van der Waals surface area contributed by atoms with Crippen LogP contribution >= 0.6 is 0 Å². The molecular formula is C14H21N. The van der Waals surface area contributed by atoms with Gasteiger partial charge in [-0.25, -0.2) is 0 Å². The number of aromatic amines is 1. The molecule has 1 nitrogen and oxygen atoms in total. The second-order valence-electron chi connectivity index (χ2n) is 4.51. The average molecular weight is 203 g/mol. The molecule has 0 amide bonds. The number of benzene rings is 1. The van der Waals surface area contributed by atoms with E-state index in [1.807, 2.05) is 0 Å². The first-order valence-corrected chi connectivity index (χ1v) is 6.30. The Morgan fingerprint density at radius 2 is 1.80 bits per heavy atom. The van der Waals surface area contributed by atoms with Gasteiger partial charge in [0, 0.05) is 11.0 Å². The maximum absolute atomic E-state index is 3.37. The molecule has 2 bridgehead atoms. The molecule has 0 spiro atoms. The van der Waals surface area contributed by atoms with Gasteiger partial charge in [0.1, 0.15) is 0 Å². The van der Waals surface area contributed by atoms with Crippen LogP contribution in [-0.2, 0) is 6.42 Å². The van der Waals surface area contributed by atoms with E-state index in [2.05, 4.69) is 30.1 Å². The van der Waals surface area contributed by atoms with Crippen LogP contribution in [0.5, 0.6) is 0 Å². The smallest absolute Gasteiger partial charge is 0.0418 e. The molecule has 2 heterocycles. The zero-order chi connectivity index (χ0) is 10.5. The number of aromatic nitrogens is 1. The normalized spacial score (nSPS) is 11.5. The van der Waals surface area contributed by atoms with Crippen molar-refractivity contribution in [3.05, 3.63) is 23.8 Å². The third kappa shape index (κ3) is 2.74. The van der Waals surface area contributed by atoms with Crippen LogP contribution in [0.1, 0.15) is 51.0 Å². The molecule has 2 aromatic heterocycles. The van der Waals surface area contributed by atoms with E-state index < -0.39 is 0 Å². The average Bonchev–Trinajstić information content (AvgIpc) is 2.85. The van der Waals surface area contributed by atoms with Gasteiger partial charge in [-0.3, -0.25) is 0 Å². The minimum absolute atomic E-state index is 1.25. The summed E-state index contributed by atoms with van der Waals surface area (Å²) in [4.78, 5) is 3.37. The molecule has 0 radical (unpaired) electrons. The fraction of sp³-hybridized carbons (Fsp3) is 0.571. The molecule has 0 aromatic carbocycles. The molecule has 0 aliphatic heterocycles. The lowest BCUT2D eigenvalue weighted by atomic mass is 10.1. The topological polar surface area (TPSA) is 15.8 Å². The van der Waals surface area contributed by atoms with Crippen molar-refractivity contribution >= 4 is 11.0 Å². The number of H-pyrrole nitrogens is 1. The fourth-order valence-corrected chi connectivity index (χ4v) is 2.25. The molecule has 0 unspecified atom stereocenters. The van der Waals surface area contributed by atoms with Gasteiger partial charge in [0.05, 0.1) is 0 Å². The van der Waals surface area contributed by atoms with Crippen LogP contribution in [0, 0.1) is 0 Å². The summed E-state index contributed by atoms with van der Waals surface area (Å²) >= 11 is 0. The molecule has 0 aliphatic rings. The molecule has 82 valence electrons. The number of rotatable bonds is 7. The third-order valence-electron chi connectivity index (χ3n) is 3.18. The Labute approximate surface area is 92.2 Å². The van der Waals surface area contributed by atoms with Crippen molar-refractivity contribution in [3.8, 4) is 0 Å². The van der Waals surface area contributed by atoms with E-state index in [-0.39, 0.29) is 0 Å². The van der Waals surface area contributed by atoms with E-state index in [0.29, 0.717) is 0 Å². The second kappa shape index (κ2) is 5.20. The van der Waals surface area contributed by atoms with E-state index in [4.69, 9.17) is 0 Å². The van der Waals surface area contributed by atoms with Gasteiger partial charge < -0.3 is 4.98 Å². The highest BCUT2D eigenvalue weighted by Crippen LogP contribution is 2.20. The Bertz CT molecular complexity index is 374. The lowest BCUT2D eigenvalue weighted by molar-refractivity contribution is 0.608. The summed E-state index contributed by atoms with van der Waals surface area (Å²) in [6.45, 7) is 2.27. The highest BCUT2D eigenvalue weighted by atomic mass is 14.7. The fourth-order valence-electron chi connectivity index (χ4n) is 2.25. The summed E-state index contributed by atoms with van der Waals surface area (Å²) in [5, 5.41) is 0. The van der Waals surface area contributed by atoms with Crippen molar-refractivity contribution in [3.63, 3.8) is 0 Å². The summed E-state index contributed by atoms with van der Waals surface area (Å²) in [5.74, 6) is 0. The van der Waals surface area contributed by atoms with Gasteiger partial charge in [-0.2, -0.15) is 0 Å². The van der Waals surface area contributed by atoms with Gasteiger partial charge in [-0.1, -0.05) is 39.0 Å². The summed E-state index contributed by atoms with van der Waals surface area (Å²) in [6, 6.07) is 6.64. The SMILES string of the molecule is CCCCCCCCc1cc2ccc1[nH]2. The molecular weight excluding hydrogens is 182 g/mol. The minimum Gasteiger partial charge on any atom is -0.355 e. The Morgan fingerprint density at radius 1 is 1.00 bits per heavy atom. The number of hydrogen-bond acceptors (Lipinski definition) is 0. The first kappa shape index (κ1) is 10.5. The van der Waals surface area contributed by atoms with Gasteiger partial charge in [0.2, 0.25) is 0 Å². The molecule has 1 heteroatoms. The van der Waals surface area contributed by atoms with Crippen LogP contribution in [0.25, 0.3) is 11.0 Å². The summed E-state index contributed by atoms with van der Waals surface area (Å²) < 4.78 is 0. The lowest BCUT2D eigenvalue weighted by Crippen LogP contribution is -1.85. The van der Waals surface area contributed by atoms with Gasteiger partial charge >= 0.3 is 0 Å². The molecule has 0 saturated carbocycles. The highest BCUT2D eigenvalue weighted by molar-refractivity contribution is 5.70. The monoisotopic (exact) mass is 203 g/mol. The maximum Gasteiger partial charge on any atom is 0.0418 e. The van der Waals surface area contributed by atoms with Crippen LogP contribution in [0.3, 0.4) is 0 Å². The number of hydrogen-bond donors (Lipinski definition) is 1. The number of nitrogens with one attached hydrogen (secondary N) is 1. The van der Waals surface area contributed by atoms with E-state index >= 15 is 0 Å². The molecule has 1 N–H and O–H groups in total. The highest BCUT2D eigenvalue weighted by Gasteiger charge is 2.03. The van der Waals surface area contributed by atoms with Crippen LogP contribution in [0.4, 0.5) is 0 Å². The van der Waals surface area contributed by atoms with E-state index in [0.717, 1.165) is 0 Å². The molecule has 2 rings (SSSR count).